The maximum Gasteiger partial charge on any atom is 1.00 e. The molecule has 0 fully saturated rings. The normalized spacial score (nSPS) is 10.5. The van der Waals surface area contributed by atoms with Gasteiger partial charge < -0.3 is 17.7 Å². The molecule has 0 bridgehead atoms. The smallest absolute Gasteiger partial charge is 0.519 e. The summed E-state index contributed by atoms with van der Waals surface area (Å²) in [7, 11) is 0. The van der Waals surface area contributed by atoms with Crippen LogP contribution < -0.4 is 56.1 Å². The van der Waals surface area contributed by atoms with E-state index in [0.29, 0.717) is 6.29 Å². The second-order valence-corrected chi connectivity index (χ2v) is 2.83. The summed E-state index contributed by atoms with van der Waals surface area (Å²) in [5.74, 6) is -1.50. The molecular formula is C8H6BF4KO2. The second kappa shape index (κ2) is 6.75. The Balaban J connectivity index is 0.00000225. The zero-order valence-electron chi connectivity index (χ0n) is 8.42. The van der Waals surface area contributed by atoms with Crippen molar-refractivity contribution in [2.75, 3.05) is 6.51 Å². The third kappa shape index (κ3) is 5.44. The van der Waals surface area contributed by atoms with E-state index in [-0.39, 0.29) is 56.9 Å². The first-order valence-electron chi connectivity index (χ1n) is 4.01. The Morgan fingerprint density at radius 3 is 2.38 bits per heavy atom. The van der Waals surface area contributed by atoms with Crippen molar-refractivity contribution in [2.24, 2.45) is 0 Å². The van der Waals surface area contributed by atoms with Gasteiger partial charge in [0.15, 0.2) is 11.6 Å². The van der Waals surface area contributed by atoms with Crippen LogP contribution >= 0.6 is 0 Å². The zero-order valence-corrected chi connectivity index (χ0v) is 11.5. The van der Waals surface area contributed by atoms with Crippen LogP contribution in [0.4, 0.5) is 17.3 Å². The van der Waals surface area contributed by atoms with E-state index in [2.05, 4.69) is 4.74 Å². The van der Waals surface area contributed by atoms with Gasteiger partial charge in [0, 0.05) is 5.56 Å². The molecule has 0 aliphatic carbocycles. The number of halogens is 4. The fraction of sp³-hybridized carbons (Fsp3) is 0.125. The number of benzene rings is 1. The third-order valence-electron chi connectivity index (χ3n) is 1.52. The van der Waals surface area contributed by atoms with Gasteiger partial charge in [-0.1, -0.05) is 0 Å². The topological polar surface area (TPSA) is 26.3 Å². The average molecular weight is 260 g/mol. The monoisotopic (exact) mass is 260 g/mol. The van der Waals surface area contributed by atoms with Gasteiger partial charge in [0.2, 0.25) is 0 Å². The number of hydrogen-bond donors (Lipinski definition) is 0. The van der Waals surface area contributed by atoms with E-state index in [1.165, 1.54) is 6.07 Å². The van der Waals surface area contributed by atoms with Crippen molar-refractivity contribution in [2.45, 2.75) is 0 Å². The van der Waals surface area contributed by atoms with Crippen LogP contribution in [0.1, 0.15) is 10.4 Å². The minimum atomic E-state index is -5.11. The quantitative estimate of drug-likeness (QED) is 0.411. The fourth-order valence-electron chi connectivity index (χ4n) is 0.892. The number of carbonyl (C=O) groups is 1. The Kier molecular flexibility index (Phi) is 6.80. The van der Waals surface area contributed by atoms with Crippen molar-refractivity contribution >= 4 is 13.3 Å². The van der Waals surface area contributed by atoms with Crippen molar-refractivity contribution in [1.29, 1.82) is 0 Å². The molecule has 1 rings (SSSR count). The standard InChI is InChI=1S/C8H6BF4O2.K/c10-7-3-6(4-14)1-2-8(7)15-5-9(11,12)13;/h1-4H,5H2;/q-1;+1. The molecule has 82 valence electrons. The minimum Gasteiger partial charge on any atom is -0.519 e. The van der Waals surface area contributed by atoms with E-state index in [0.717, 1.165) is 12.1 Å². The summed E-state index contributed by atoms with van der Waals surface area (Å²) in [5.41, 5.74) is 0.0392. The van der Waals surface area contributed by atoms with Gasteiger partial charge in [-0.25, -0.2) is 4.39 Å². The first-order chi connectivity index (χ1) is 6.92. The number of aldehydes is 1. The predicted octanol–water partition coefficient (Wildman–Crippen LogP) is -0.592. The third-order valence-corrected chi connectivity index (χ3v) is 1.52. The molecule has 0 radical (unpaired) electrons. The van der Waals surface area contributed by atoms with Gasteiger partial charge in [0.05, 0.1) is 6.51 Å². The summed E-state index contributed by atoms with van der Waals surface area (Å²) in [6, 6.07) is 2.97. The number of rotatable bonds is 4. The molecule has 0 N–H and O–H groups in total. The molecule has 0 aromatic heterocycles. The summed E-state index contributed by atoms with van der Waals surface area (Å²) < 4.78 is 52.5. The van der Waals surface area contributed by atoms with Crippen LogP contribution in [0.5, 0.6) is 5.75 Å². The van der Waals surface area contributed by atoms with Gasteiger partial charge in [-0.15, -0.1) is 0 Å². The molecule has 0 saturated carbocycles. The molecule has 8 heteroatoms. The van der Waals surface area contributed by atoms with Crippen molar-refractivity contribution in [3.05, 3.63) is 29.6 Å². The molecule has 0 unspecified atom stereocenters. The molecule has 0 spiro atoms. The van der Waals surface area contributed by atoms with E-state index < -0.39 is 25.1 Å². The molecular weight excluding hydrogens is 254 g/mol. The molecule has 0 amide bonds. The van der Waals surface area contributed by atoms with Crippen LogP contribution in [0.2, 0.25) is 0 Å². The molecule has 0 aliphatic rings. The van der Waals surface area contributed by atoms with Crippen molar-refractivity contribution in [3.63, 3.8) is 0 Å². The molecule has 0 heterocycles. The average Bonchev–Trinajstić information content (AvgIpc) is 2.14. The molecule has 2 nitrogen and oxygen atoms in total. The van der Waals surface area contributed by atoms with Crippen LogP contribution in [-0.4, -0.2) is 19.8 Å². The summed E-state index contributed by atoms with van der Waals surface area (Å²) >= 11 is 0. The Morgan fingerprint density at radius 1 is 1.31 bits per heavy atom. The number of ether oxygens (including phenoxy) is 1. The van der Waals surface area contributed by atoms with Crippen LogP contribution in [-0.2, 0) is 0 Å². The minimum absolute atomic E-state index is 0. The molecule has 0 saturated heterocycles. The summed E-state index contributed by atoms with van der Waals surface area (Å²) in [4.78, 5) is 10.2. The zero-order chi connectivity index (χ0) is 11.5. The van der Waals surface area contributed by atoms with Crippen LogP contribution in [0.15, 0.2) is 18.2 Å². The molecule has 1 aromatic carbocycles. The fourth-order valence-corrected chi connectivity index (χ4v) is 0.892. The first kappa shape index (κ1) is 16.1. The first-order valence-corrected chi connectivity index (χ1v) is 4.01. The van der Waals surface area contributed by atoms with Gasteiger partial charge in [-0.3, -0.25) is 4.79 Å². The largest absolute Gasteiger partial charge is 1.00 e. The van der Waals surface area contributed by atoms with Crippen LogP contribution in [0.3, 0.4) is 0 Å². The SMILES string of the molecule is O=Cc1ccc(OC[B-](F)(F)F)c(F)c1.[K+]. The van der Waals surface area contributed by atoms with Crippen LogP contribution in [0.25, 0.3) is 0 Å². The second-order valence-electron chi connectivity index (χ2n) is 2.83. The maximum atomic E-state index is 13.0. The van der Waals surface area contributed by atoms with E-state index in [9.17, 15) is 22.1 Å². The Bertz CT molecular complexity index is 370. The predicted molar refractivity (Wildman–Crippen MR) is 46.4 cm³/mol. The molecule has 16 heavy (non-hydrogen) atoms. The maximum absolute atomic E-state index is 13.0. The van der Waals surface area contributed by atoms with Crippen molar-refractivity contribution in [1.82, 2.24) is 0 Å². The van der Waals surface area contributed by atoms with Crippen LogP contribution in [0, 0.1) is 5.82 Å². The molecule has 0 aliphatic heterocycles. The Morgan fingerprint density at radius 2 is 1.94 bits per heavy atom. The van der Waals surface area contributed by atoms with E-state index in [4.69, 9.17) is 0 Å². The van der Waals surface area contributed by atoms with Gasteiger partial charge in [0.25, 0.3) is 0 Å². The van der Waals surface area contributed by atoms with Gasteiger partial charge >= 0.3 is 58.4 Å². The number of hydrogen-bond acceptors (Lipinski definition) is 2. The molecule has 0 atom stereocenters. The number of carbonyl (C=O) groups excluding carboxylic acids is 1. The summed E-state index contributed by atoms with van der Waals surface area (Å²) in [6.45, 7) is -6.62. The summed E-state index contributed by atoms with van der Waals surface area (Å²) in [5, 5.41) is 0. The van der Waals surface area contributed by atoms with E-state index in [1.54, 1.807) is 0 Å². The van der Waals surface area contributed by atoms with E-state index in [1.807, 2.05) is 0 Å². The van der Waals surface area contributed by atoms with Gasteiger partial charge in [0.1, 0.15) is 6.29 Å². The van der Waals surface area contributed by atoms with Crippen molar-refractivity contribution < 1.29 is 78.3 Å². The van der Waals surface area contributed by atoms with Gasteiger partial charge in [-0.05, 0) is 18.2 Å². The Hall–Kier alpha value is 0.111. The molecule has 1 aromatic rings. The summed E-state index contributed by atoms with van der Waals surface area (Å²) in [6.07, 6.45) is 0.389. The Labute approximate surface area is 132 Å². The van der Waals surface area contributed by atoms with Gasteiger partial charge in [-0.2, -0.15) is 0 Å². The van der Waals surface area contributed by atoms with E-state index >= 15 is 0 Å². The van der Waals surface area contributed by atoms with Crippen molar-refractivity contribution in [3.8, 4) is 5.75 Å².